The molecular formula is C11H14N2O2. The van der Waals surface area contributed by atoms with Crippen molar-refractivity contribution in [2.45, 2.75) is 6.54 Å². The van der Waals surface area contributed by atoms with Gasteiger partial charge in [-0.1, -0.05) is 18.2 Å². The first-order valence-electron chi connectivity index (χ1n) is 4.95. The van der Waals surface area contributed by atoms with Crippen molar-refractivity contribution in [2.75, 3.05) is 25.1 Å². The number of amides is 2. The molecule has 0 aromatic heterocycles. The highest BCUT2D eigenvalue weighted by Crippen LogP contribution is 2.26. The Labute approximate surface area is 88.7 Å². The molecule has 2 rings (SSSR count). The van der Waals surface area contributed by atoms with Gasteiger partial charge in [-0.05, 0) is 11.6 Å². The molecule has 0 spiro atoms. The molecule has 15 heavy (non-hydrogen) atoms. The number of rotatable bonds is 2. The van der Waals surface area contributed by atoms with Gasteiger partial charge < -0.3 is 10.0 Å². The lowest BCUT2D eigenvalue weighted by Gasteiger charge is -2.34. The van der Waals surface area contributed by atoms with E-state index in [1.807, 2.05) is 24.3 Å². The summed E-state index contributed by atoms with van der Waals surface area (Å²) < 4.78 is 0. The predicted molar refractivity (Wildman–Crippen MR) is 57.7 cm³/mol. The van der Waals surface area contributed by atoms with Gasteiger partial charge in [-0.3, -0.25) is 4.90 Å². The fourth-order valence-electron chi connectivity index (χ4n) is 1.86. The van der Waals surface area contributed by atoms with Gasteiger partial charge in [0.05, 0.1) is 12.3 Å². The number of hydrogen-bond acceptors (Lipinski definition) is 2. The van der Waals surface area contributed by atoms with E-state index in [2.05, 4.69) is 0 Å². The van der Waals surface area contributed by atoms with Gasteiger partial charge in [-0.25, -0.2) is 4.79 Å². The van der Waals surface area contributed by atoms with E-state index in [0.29, 0.717) is 13.1 Å². The zero-order valence-electron chi connectivity index (χ0n) is 8.68. The number of aliphatic hydroxyl groups is 1. The van der Waals surface area contributed by atoms with Crippen molar-refractivity contribution in [3.05, 3.63) is 29.8 Å². The van der Waals surface area contributed by atoms with Gasteiger partial charge in [0.25, 0.3) is 0 Å². The number of carbonyl (C=O) groups excluding carboxylic acids is 1. The molecule has 0 aliphatic carbocycles. The van der Waals surface area contributed by atoms with E-state index < -0.39 is 0 Å². The highest BCUT2D eigenvalue weighted by atomic mass is 16.3. The lowest BCUT2D eigenvalue weighted by Crippen LogP contribution is -2.46. The van der Waals surface area contributed by atoms with Crippen molar-refractivity contribution in [1.82, 2.24) is 4.90 Å². The van der Waals surface area contributed by atoms with E-state index in [1.165, 1.54) is 0 Å². The standard InChI is InChI=1S/C11H14N2O2/c1-12-10-5-3-2-4-9(10)8-13(6-7-14)11(12)15/h2-5,14H,6-8H2,1H3. The highest BCUT2D eigenvalue weighted by Gasteiger charge is 2.26. The molecule has 0 unspecified atom stereocenters. The number of anilines is 1. The summed E-state index contributed by atoms with van der Waals surface area (Å²) >= 11 is 0. The minimum atomic E-state index is -0.0530. The molecule has 1 heterocycles. The Bertz CT molecular complexity index is 379. The molecule has 4 heteroatoms. The van der Waals surface area contributed by atoms with Gasteiger partial charge >= 0.3 is 6.03 Å². The molecule has 1 aliphatic heterocycles. The van der Waals surface area contributed by atoms with Crippen LogP contribution in [0, 0.1) is 0 Å². The number of aliphatic hydroxyl groups excluding tert-OH is 1. The summed E-state index contributed by atoms with van der Waals surface area (Å²) in [6.07, 6.45) is 0. The molecule has 80 valence electrons. The summed E-state index contributed by atoms with van der Waals surface area (Å²) in [7, 11) is 1.75. The monoisotopic (exact) mass is 206 g/mol. The summed E-state index contributed by atoms with van der Waals surface area (Å²) in [6, 6.07) is 7.76. The first kappa shape index (κ1) is 9.98. The molecule has 1 aromatic carbocycles. The maximum Gasteiger partial charge on any atom is 0.324 e. The topological polar surface area (TPSA) is 43.8 Å². The van der Waals surface area contributed by atoms with Crippen molar-refractivity contribution in [1.29, 1.82) is 0 Å². The number of β-amino-alcohol motifs (C(OH)–C–C–N with tert-alkyl or cyclic N) is 1. The Morgan fingerprint density at radius 1 is 1.40 bits per heavy atom. The van der Waals surface area contributed by atoms with Crippen LogP contribution in [0.5, 0.6) is 0 Å². The fourth-order valence-corrected chi connectivity index (χ4v) is 1.86. The van der Waals surface area contributed by atoms with Gasteiger partial charge in [0, 0.05) is 20.1 Å². The maximum atomic E-state index is 11.8. The molecule has 4 nitrogen and oxygen atoms in total. The second kappa shape index (κ2) is 3.90. The van der Waals surface area contributed by atoms with E-state index in [-0.39, 0.29) is 12.6 Å². The summed E-state index contributed by atoms with van der Waals surface area (Å²) in [5.74, 6) is 0. The van der Waals surface area contributed by atoms with Crippen LogP contribution in [0.4, 0.5) is 10.5 Å². The van der Waals surface area contributed by atoms with E-state index in [9.17, 15) is 4.79 Å². The fraction of sp³-hybridized carbons (Fsp3) is 0.364. The van der Waals surface area contributed by atoms with Crippen LogP contribution in [-0.2, 0) is 6.54 Å². The van der Waals surface area contributed by atoms with Crippen LogP contribution >= 0.6 is 0 Å². The molecule has 0 saturated heterocycles. The Hall–Kier alpha value is -1.55. The third-order valence-corrected chi connectivity index (χ3v) is 2.64. The average molecular weight is 206 g/mol. The normalized spacial score (nSPS) is 15.5. The van der Waals surface area contributed by atoms with Crippen LogP contribution in [0.2, 0.25) is 0 Å². The molecule has 0 saturated carbocycles. The second-order valence-electron chi connectivity index (χ2n) is 3.62. The zero-order chi connectivity index (χ0) is 10.8. The van der Waals surface area contributed by atoms with E-state index in [4.69, 9.17) is 5.11 Å². The Kier molecular flexibility index (Phi) is 2.60. The first-order valence-corrected chi connectivity index (χ1v) is 4.95. The smallest absolute Gasteiger partial charge is 0.324 e. The molecule has 1 aromatic rings. The first-order chi connectivity index (χ1) is 7.24. The molecule has 0 bridgehead atoms. The number of carbonyl (C=O) groups is 1. The summed E-state index contributed by atoms with van der Waals surface area (Å²) in [4.78, 5) is 15.1. The Morgan fingerprint density at radius 2 is 2.13 bits per heavy atom. The number of nitrogens with zero attached hydrogens (tertiary/aromatic N) is 2. The number of para-hydroxylation sites is 1. The molecule has 1 N–H and O–H groups in total. The highest BCUT2D eigenvalue weighted by molar-refractivity contribution is 5.94. The zero-order valence-corrected chi connectivity index (χ0v) is 8.68. The molecule has 0 fully saturated rings. The third-order valence-electron chi connectivity index (χ3n) is 2.64. The Balaban J connectivity index is 2.32. The van der Waals surface area contributed by atoms with Crippen LogP contribution in [0.3, 0.4) is 0 Å². The van der Waals surface area contributed by atoms with Crippen molar-refractivity contribution in [3.8, 4) is 0 Å². The lowest BCUT2D eigenvalue weighted by molar-refractivity contribution is 0.177. The SMILES string of the molecule is CN1C(=O)N(CCO)Cc2ccccc21. The largest absolute Gasteiger partial charge is 0.395 e. The summed E-state index contributed by atoms with van der Waals surface area (Å²) in [5.41, 5.74) is 2.07. The lowest BCUT2D eigenvalue weighted by atomic mass is 10.1. The van der Waals surface area contributed by atoms with Crippen molar-refractivity contribution in [3.63, 3.8) is 0 Å². The van der Waals surface area contributed by atoms with Gasteiger partial charge in [0.2, 0.25) is 0 Å². The van der Waals surface area contributed by atoms with Crippen molar-refractivity contribution < 1.29 is 9.90 Å². The quantitative estimate of drug-likeness (QED) is 0.786. The van der Waals surface area contributed by atoms with E-state index >= 15 is 0 Å². The van der Waals surface area contributed by atoms with Crippen LogP contribution in [-0.4, -0.2) is 36.2 Å². The van der Waals surface area contributed by atoms with Crippen LogP contribution < -0.4 is 4.90 Å². The van der Waals surface area contributed by atoms with Crippen LogP contribution in [0.15, 0.2) is 24.3 Å². The number of urea groups is 1. The molecule has 0 radical (unpaired) electrons. The minimum Gasteiger partial charge on any atom is -0.395 e. The van der Waals surface area contributed by atoms with Crippen LogP contribution in [0.1, 0.15) is 5.56 Å². The molecule has 1 aliphatic rings. The third kappa shape index (κ3) is 1.68. The van der Waals surface area contributed by atoms with Gasteiger partial charge in [0.15, 0.2) is 0 Å². The second-order valence-corrected chi connectivity index (χ2v) is 3.62. The number of benzene rings is 1. The number of hydrogen-bond donors (Lipinski definition) is 1. The molecule has 2 amide bonds. The summed E-state index contributed by atoms with van der Waals surface area (Å²) in [6.45, 7) is 0.971. The van der Waals surface area contributed by atoms with Gasteiger partial charge in [0.1, 0.15) is 0 Å². The predicted octanol–water partition coefficient (Wildman–Crippen LogP) is 1.05. The maximum absolute atomic E-state index is 11.8. The molecular weight excluding hydrogens is 192 g/mol. The molecule has 0 atom stereocenters. The van der Waals surface area contributed by atoms with Crippen molar-refractivity contribution >= 4 is 11.7 Å². The van der Waals surface area contributed by atoms with Gasteiger partial charge in [-0.15, -0.1) is 0 Å². The minimum absolute atomic E-state index is 0.00173. The van der Waals surface area contributed by atoms with E-state index in [0.717, 1.165) is 11.3 Å². The van der Waals surface area contributed by atoms with Gasteiger partial charge in [-0.2, -0.15) is 0 Å². The van der Waals surface area contributed by atoms with E-state index in [1.54, 1.807) is 16.8 Å². The summed E-state index contributed by atoms with van der Waals surface area (Å²) in [5, 5.41) is 8.86. The number of fused-ring (bicyclic) bond motifs is 1. The average Bonchev–Trinajstić information content (AvgIpc) is 2.26. The van der Waals surface area contributed by atoms with Crippen molar-refractivity contribution in [2.24, 2.45) is 0 Å². The Morgan fingerprint density at radius 3 is 2.87 bits per heavy atom. The van der Waals surface area contributed by atoms with Crippen LogP contribution in [0.25, 0.3) is 0 Å².